The van der Waals surface area contributed by atoms with Gasteiger partial charge in [0.15, 0.2) is 0 Å². The predicted octanol–water partition coefficient (Wildman–Crippen LogP) is 1.80. The maximum absolute atomic E-state index is 9.54. The van der Waals surface area contributed by atoms with Crippen molar-refractivity contribution in [1.29, 1.82) is 0 Å². The molecule has 0 spiro atoms. The molecule has 2 atom stereocenters. The Balaban J connectivity index is 2.14. The summed E-state index contributed by atoms with van der Waals surface area (Å²) >= 11 is 0. The third-order valence-corrected chi connectivity index (χ3v) is 3.76. The molecule has 58 valence electrons. The second-order valence-electron chi connectivity index (χ2n) is 4.52. The summed E-state index contributed by atoms with van der Waals surface area (Å²) in [6.07, 6.45) is 3.80. The summed E-state index contributed by atoms with van der Waals surface area (Å²) in [6.45, 7) is 4.51. The van der Waals surface area contributed by atoms with Gasteiger partial charge in [-0.25, -0.2) is 0 Å². The van der Waals surface area contributed by atoms with Crippen LogP contribution < -0.4 is 0 Å². The van der Waals surface area contributed by atoms with Gasteiger partial charge in [0.05, 0.1) is 6.10 Å². The normalized spacial score (nSPS) is 59.7. The van der Waals surface area contributed by atoms with Gasteiger partial charge < -0.3 is 5.11 Å². The summed E-state index contributed by atoms with van der Waals surface area (Å²) in [4.78, 5) is 0. The molecule has 3 aliphatic rings. The average molecular weight is 140 g/mol. The number of rotatable bonds is 0. The van der Waals surface area contributed by atoms with Gasteiger partial charge in [0, 0.05) is 0 Å². The van der Waals surface area contributed by atoms with Crippen LogP contribution in [-0.4, -0.2) is 11.2 Å². The lowest BCUT2D eigenvalue weighted by molar-refractivity contribution is -0.116. The molecule has 3 aliphatic carbocycles. The van der Waals surface area contributed by atoms with Crippen LogP contribution in [0.3, 0.4) is 0 Å². The monoisotopic (exact) mass is 140 g/mol. The van der Waals surface area contributed by atoms with Crippen molar-refractivity contribution in [3.63, 3.8) is 0 Å². The Labute approximate surface area is 62.4 Å². The van der Waals surface area contributed by atoms with E-state index < -0.39 is 0 Å². The van der Waals surface area contributed by atoms with E-state index in [9.17, 15) is 5.11 Å². The lowest BCUT2D eigenvalue weighted by Gasteiger charge is -2.56. The van der Waals surface area contributed by atoms with Crippen molar-refractivity contribution in [2.45, 2.75) is 39.2 Å². The fraction of sp³-hybridized carbons (Fsp3) is 1.00. The predicted molar refractivity (Wildman–Crippen MR) is 40.6 cm³/mol. The van der Waals surface area contributed by atoms with Gasteiger partial charge in [-0.05, 0) is 36.5 Å². The molecule has 2 unspecified atom stereocenters. The second-order valence-corrected chi connectivity index (χ2v) is 4.52. The molecule has 0 saturated heterocycles. The number of fused-ring (bicyclic) bond motifs is 2. The molecule has 0 amide bonds. The molecule has 3 rings (SSSR count). The smallest absolute Gasteiger partial charge is 0.0573 e. The van der Waals surface area contributed by atoms with E-state index in [2.05, 4.69) is 13.8 Å². The lowest BCUT2D eigenvalue weighted by Crippen LogP contribution is -2.51. The molecule has 0 aromatic rings. The van der Waals surface area contributed by atoms with Crippen LogP contribution in [0.15, 0.2) is 0 Å². The van der Waals surface area contributed by atoms with E-state index in [4.69, 9.17) is 0 Å². The van der Waals surface area contributed by atoms with Crippen LogP contribution in [0.25, 0.3) is 0 Å². The fourth-order valence-electron chi connectivity index (χ4n) is 2.81. The Morgan fingerprint density at radius 1 is 1.40 bits per heavy atom. The summed E-state index contributed by atoms with van der Waals surface area (Å²) in [5, 5.41) is 9.54. The van der Waals surface area contributed by atoms with Crippen LogP contribution in [0.1, 0.15) is 33.1 Å². The molecule has 2 bridgehead atoms. The Hall–Kier alpha value is -0.0400. The van der Waals surface area contributed by atoms with Gasteiger partial charge >= 0.3 is 0 Å². The minimum absolute atomic E-state index is 0.00231. The first kappa shape index (κ1) is 6.66. The molecule has 0 aliphatic heterocycles. The SMILES string of the molecule is CC1C(O)CC2CC1(C)C2. The van der Waals surface area contributed by atoms with E-state index in [1.165, 1.54) is 12.8 Å². The highest BCUT2D eigenvalue weighted by atomic mass is 16.3. The molecule has 3 saturated carbocycles. The van der Waals surface area contributed by atoms with E-state index in [-0.39, 0.29) is 6.10 Å². The first-order valence-electron chi connectivity index (χ1n) is 4.30. The molecule has 1 heteroatoms. The van der Waals surface area contributed by atoms with E-state index in [0.717, 1.165) is 12.3 Å². The van der Waals surface area contributed by atoms with Gasteiger partial charge in [0.25, 0.3) is 0 Å². The fourth-order valence-corrected chi connectivity index (χ4v) is 2.81. The molecule has 3 fully saturated rings. The molecular weight excluding hydrogens is 124 g/mol. The highest BCUT2D eigenvalue weighted by Crippen LogP contribution is 2.58. The zero-order chi connectivity index (χ0) is 7.35. The van der Waals surface area contributed by atoms with Crippen molar-refractivity contribution in [2.24, 2.45) is 17.3 Å². The maximum atomic E-state index is 9.54. The largest absolute Gasteiger partial charge is 0.393 e. The van der Waals surface area contributed by atoms with Crippen molar-refractivity contribution < 1.29 is 5.11 Å². The van der Waals surface area contributed by atoms with Crippen LogP contribution in [-0.2, 0) is 0 Å². The van der Waals surface area contributed by atoms with E-state index in [0.29, 0.717) is 11.3 Å². The summed E-state index contributed by atoms with van der Waals surface area (Å²) in [6, 6.07) is 0. The molecule has 1 nitrogen and oxygen atoms in total. The Morgan fingerprint density at radius 3 is 2.40 bits per heavy atom. The number of aliphatic hydroxyl groups is 1. The van der Waals surface area contributed by atoms with Crippen LogP contribution in [0, 0.1) is 17.3 Å². The van der Waals surface area contributed by atoms with Crippen molar-refractivity contribution in [2.75, 3.05) is 0 Å². The van der Waals surface area contributed by atoms with Gasteiger partial charge in [0.1, 0.15) is 0 Å². The van der Waals surface area contributed by atoms with Gasteiger partial charge in [-0.3, -0.25) is 0 Å². The Morgan fingerprint density at radius 2 is 2.00 bits per heavy atom. The second kappa shape index (κ2) is 1.76. The average Bonchev–Trinajstić information content (AvgIpc) is 1.78. The minimum Gasteiger partial charge on any atom is -0.393 e. The third-order valence-electron chi connectivity index (χ3n) is 3.76. The molecule has 0 radical (unpaired) electrons. The number of aliphatic hydroxyl groups excluding tert-OH is 1. The zero-order valence-corrected chi connectivity index (χ0v) is 6.80. The molecule has 0 heterocycles. The van der Waals surface area contributed by atoms with Crippen LogP contribution in [0.4, 0.5) is 0 Å². The van der Waals surface area contributed by atoms with Gasteiger partial charge in [-0.1, -0.05) is 13.8 Å². The van der Waals surface area contributed by atoms with E-state index in [1.807, 2.05) is 0 Å². The molecule has 1 N–H and O–H groups in total. The first-order valence-corrected chi connectivity index (χ1v) is 4.30. The highest BCUT2D eigenvalue weighted by Gasteiger charge is 2.51. The van der Waals surface area contributed by atoms with Crippen LogP contribution in [0.2, 0.25) is 0 Å². The topological polar surface area (TPSA) is 20.2 Å². The minimum atomic E-state index is -0.00231. The highest BCUT2D eigenvalue weighted by molar-refractivity contribution is 5.01. The van der Waals surface area contributed by atoms with E-state index >= 15 is 0 Å². The standard InChI is InChI=1S/C9H16O/c1-6-8(10)3-7-4-9(6,2)5-7/h6-8,10H,3-5H2,1-2H3. The van der Waals surface area contributed by atoms with Crippen molar-refractivity contribution >= 4 is 0 Å². The van der Waals surface area contributed by atoms with Gasteiger partial charge in [-0.2, -0.15) is 0 Å². The van der Waals surface area contributed by atoms with E-state index in [1.54, 1.807) is 0 Å². The summed E-state index contributed by atoms with van der Waals surface area (Å²) < 4.78 is 0. The van der Waals surface area contributed by atoms with Crippen LogP contribution in [0.5, 0.6) is 0 Å². The Kier molecular flexibility index (Phi) is 1.17. The van der Waals surface area contributed by atoms with Crippen LogP contribution >= 0.6 is 0 Å². The summed E-state index contributed by atoms with van der Waals surface area (Å²) in [5.74, 6) is 1.40. The number of hydrogen-bond donors (Lipinski definition) is 1. The zero-order valence-electron chi connectivity index (χ0n) is 6.80. The van der Waals surface area contributed by atoms with Crippen molar-refractivity contribution in [3.05, 3.63) is 0 Å². The van der Waals surface area contributed by atoms with Gasteiger partial charge in [0.2, 0.25) is 0 Å². The van der Waals surface area contributed by atoms with Crippen molar-refractivity contribution in [3.8, 4) is 0 Å². The summed E-state index contributed by atoms with van der Waals surface area (Å²) in [7, 11) is 0. The summed E-state index contributed by atoms with van der Waals surface area (Å²) in [5.41, 5.74) is 0.502. The molecule has 10 heavy (non-hydrogen) atoms. The third kappa shape index (κ3) is 0.672. The lowest BCUT2D eigenvalue weighted by atomic mass is 9.50. The van der Waals surface area contributed by atoms with Gasteiger partial charge in [-0.15, -0.1) is 0 Å². The quantitative estimate of drug-likeness (QED) is 0.544. The maximum Gasteiger partial charge on any atom is 0.0573 e. The molecular formula is C9H16O. The van der Waals surface area contributed by atoms with Crippen molar-refractivity contribution in [1.82, 2.24) is 0 Å². The molecule has 0 aromatic heterocycles. The molecule has 0 aromatic carbocycles. The number of hydrogen-bond acceptors (Lipinski definition) is 1. The first-order chi connectivity index (χ1) is 4.62. The Bertz CT molecular complexity index is 144.